The van der Waals surface area contributed by atoms with E-state index in [0.29, 0.717) is 18.8 Å². The molecule has 4 rings (SSSR count). The van der Waals surface area contributed by atoms with E-state index < -0.39 is 5.97 Å². The van der Waals surface area contributed by atoms with Crippen LogP contribution in [0.25, 0.3) is 0 Å². The van der Waals surface area contributed by atoms with Gasteiger partial charge < -0.3 is 10.0 Å². The van der Waals surface area contributed by atoms with E-state index in [0.717, 1.165) is 72.7 Å². The molecule has 2 aliphatic rings. The molecule has 3 amide bonds. The van der Waals surface area contributed by atoms with Gasteiger partial charge in [-0.1, -0.05) is 51.7 Å². The number of carboxylic acids is 1. The van der Waals surface area contributed by atoms with Gasteiger partial charge in [0.25, 0.3) is 5.91 Å². The summed E-state index contributed by atoms with van der Waals surface area (Å²) in [5.74, 6) is -0.380. The fourth-order valence-corrected chi connectivity index (χ4v) is 5.80. The summed E-state index contributed by atoms with van der Waals surface area (Å²) in [5.41, 5.74) is 2.96. The average Bonchev–Trinajstić information content (AvgIpc) is 3.55. The minimum Gasteiger partial charge on any atom is -0.478 e. The highest BCUT2D eigenvalue weighted by Crippen LogP contribution is 2.35. The maximum atomic E-state index is 14.0. The van der Waals surface area contributed by atoms with Crippen LogP contribution in [0.5, 0.6) is 0 Å². The number of amidine groups is 1. The van der Waals surface area contributed by atoms with Crippen LogP contribution in [0.1, 0.15) is 92.3 Å². The molecule has 0 spiro atoms. The number of carboxylic acid groups (broad SMARTS) is 1. The maximum absolute atomic E-state index is 14.0. The SMILES string of the molecule is CCCCCCN1C(=O)/C(=C2/C(C)N=C(CCCC)N2Cc2ccc(C(=O)O)cc2)N(Cc2csc(C)n2)C1=O. The van der Waals surface area contributed by atoms with E-state index in [4.69, 9.17) is 4.99 Å². The number of carbonyl (C=O) groups excluding carboxylic acids is 2. The predicted molar refractivity (Wildman–Crippen MR) is 156 cm³/mol. The minimum atomic E-state index is -0.976. The third-order valence-corrected chi connectivity index (χ3v) is 8.10. The Hall–Kier alpha value is -3.53. The van der Waals surface area contributed by atoms with E-state index in [9.17, 15) is 19.5 Å². The number of aromatic nitrogens is 1. The van der Waals surface area contributed by atoms with Gasteiger partial charge in [-0.2, -0.15) is 0 Å². The van der Waals surface area contributed by atoms with Crippen molar-refractivity contribution in [2.45, 2.75) is 91.8 Å². The number of urea groups is 1. The number of aryl methyl sites for hydroxylation is 1. The molecule has 3 heterocycles. The van der Waals surface area contributed by atoms with E-state index in [2.05, 4.69) is 23.7 Å². The number of aliphatic imine (C=N–C) groups is 1. The van der Waals surface area contributed by atoms with E-state index in [-0.39, 0.29) is 30.1 Å². The highest BCUT2D eigenvalue weighted by molar-refractivity contribution is 7.09. The lowest BCUT2D eigenvalue weighted by molar-refractivity contribution is -0.123. The van der Waals surface area contributed by atoms with Crippen LogP contribution in [-0.4, -0.2) is 61.1 Å². The monoisotopic (exact) mass is 565 g/mol. The van der Waals surface area contributed by atoms with Crippen molar-refractivity contribution in [3.05, 3.63) is 62.9 Å². The van der Waals surface area contributed by atoms with E-state index in [1.807, 2.05) is 19.2 Å². The second-order valence-corrected chi connectivity index (χ2v) is 11.5. The molecule has 2 aliphatic heterocycles. The van der Waals surface area contributed by atoms with Crippen LogP contribution < -0.4 is 0 Å². The first-order chi connectivity index (χ1) is 19.2. The van der Waals surface area contributed by atoms with Gasteiger partial charge in [-0.15, -0.1) is 11.3 Å². The van der Waals surface area contributed by atoms with Crippen LogP contribution in [0, 0.1) is 6.92 Å². The Balaban J connectivity index is 1.75. The summed E-state index contributed by atoms with van der Waals surface area (Å²) < 4.78 is 0. The molecule has 0 saturated carbocycles. The molecule has 1 N–H and O–H groups in total. The van der Waals surface area contributed by atoms with E-state index in [1.54, 1.807) is 29.2 Å². The van der Waals surface area contributed by atoms with Crippen molar-refractivity contribution in [1.82, 2.24) is 19.7 Å². The third kappa shape index (κ3) is 6.43. The van der Waals surface area contributed by atoms with Gasteiger partial charge in [-0.05, 0) is 44.4 Å². The Bertz CT molecular complexity index is 1300. The number of rotatable bonds is 13. The summed E-state index contributed by atoms with van der Waals surface area (Å²) in [6.07, 6.45) is 6.56. The van der Waals surface area contributed by atoms with Gasteiger partial charge in [-0.25, -0.2) is 14.6 Å². The molecule has 1 atom stereocenters. The lowest BCUT2D eigenvalue weighted by atomic mass is 10.1. The van der Waals surface area contributed by atoms with Crippen molar-refractivity contribution in [2.24, 2.45) is 4.99 Å². The molecule has 1 fully saturated rings. The van der Waals surface area contributed by atoms with Gasteiger partial charge in [-0.3, -0.25) is 19.6 Å². The normalized spacial score (nSPS) is 19.2. The molecule has 1 saturated heterocycles. The number of aromatic carboxylic acids is 1. The fourth-order valence-electron chi connectivity index (χ4n) is 5.19. The molecule has 0 aliphatic carbocycles. The van der Waals surface area contributed by atoms with Crippen LogP contribution >= 0.6 is 11.3 Å². The average molecular weight is 566 g/mol. The van der Waals surface area contributed by atoms with Crippen molar-refractivity contribution in [2.75, 3.05) is 6.54 Å². The smallest absolute Gasteiger partial charge is 0.335 e. The van der Waals surface area contributed by atoms with Gasteiger partial charge in [0.05, 0.1) is 34.5 Å². The Morgan fingerprint density at radius 2 is 1.70 bits per heavy atom. The molecule has 1 aromatic heterocycles. The largest absolute Gasteiger partial charge is 0.478 e. The first-order valence-electron chi connectivity index (χ1n) is 14.2. The first-order valence-corrected chi connectivity index (χ1v) is 15.1. The van der Waals surface area contributed by atoms with Gasteiger partial charge in [0, 0.05) is 24.9 Å². The summed E-state index contributed by atoms with van der Waals surface area (Å²) in [6.45, 7) is 9.18. The van der Waals surface area contributed by atoms with Crippen molar-refractivity contribution in [3.63, 3.8) is 0 Å². The maximum Gasteiger partial charge on any atom is 0.335 e. The van der Waals surface area contributed by atoms with Crippen LogP contribution in [0.2, 0.25) is 0 Å². The van der Waals surface area contributed by atoms with Crippen LogP contribution in [0.4, 0.5) is 4.79 Å². The second kappa shape index (κ2) is 13.2. The first kappa shape index (κ1) is 29.5. The quantitative estimate of drug-likeness (QED) is 0.176. The van der Waals surface area contributed by atoms with Crippen LogP contribution in [0.3, 0.4) is 0 Å². The number of benzene rings is 1. The van der Waals surface area contributed by atoms with Gasteiger partial charge in [0.1, 0.15) is 11.5 Å². The zero-order chi connectivity index (χ0) is 28.8. The Morgan fingerprint density at radius 3 is 2.33 bits per heavy atom. The standard InChI is InChI=1S/C30H39N5O4S/c1-5-7-9-10-16-33-28(36)27(35(30(33)39)18-24-19-40-21(4)32-24)26-20(3)31-25(11-8-6-2)34(26)17-22-12-14-23(15-13-22)29(37)38/h12-15,19-20H,5-11,16-18H2,1-4H3,(H,37,38)/b27-26+. The molecule has 0 radical (unpaired) electrons. The number of thiazole rings is 1. The lowest BCUT2D eigenvalue weighted by Gasteiger charge is -2.27. The summed E-state index contributed by atoms with van der Waals surface area (Å²) in [6, 6.07) is 6.15. The zero-order valence-corrected chi connectivity index (χ0v) is 24.7. The number of unbranched alkanes of at least 4 members (excludes halogenated alkanes) is 4. The molecule has 10 heteroatoms. The van der Waals surface area contributed by atoms with Crippen LogP contribution in [0.15, 0.2) is 46.0 Å². The highest BCUT2D eigenvalue weighted by Gasteiger charge is 2.46. The topological polar surface area (TPSA) is 106 Å². The molecular weight excluding hydrogens is 526 g/mol. The van der Waals surface area contributed by atoms with E-state index >= 15 is 0 Å². The zero-order valence-electron chi connectivity index (χ0n) is 23.9. The summed E-state index contributed by atoms with van der Waals surface area (Å²) >= 11 is 1.52. The summed E-state index contributed by atoms with van der Waals surface area (Å²) in [5, 5.41) is 12.2. The number of carbonyl (C=O) groups is 3. The van der Waals surface area contributed by atoms with Crippen molar-refractivity contribution in [1.29, 1.82) is 0 Å². The summed E-state index contributed by atoms with van der Waals surface area (Å²) in [4.78, 5) is 53.7. The lowest BCUT2D eigenvalue weighted by Crippen LogP contribution is -2.34. The molecule has 1 aromatic carbocycles. The number of hydrogen-bond acceptors (Lipinski definition) is 7. The third-order valence-electron chi connectivity index (χ3n) is 7.28. The van der Waals surface area contributed by atoms with Gasteiger partial charge in [0.2, 0.25) is 0 Å². The van der Waals surface area contributed by atoms with Gasteiger partial charge in [0.15, 0.2) is 0 Å². The Labute approximate surface area is 240 Å². The predicted octanol–water partition coefficient (Wildman–Crippen LogP) is 6.20. The molecule has 1 unspecified atom stereocenters. The van der Waals surface area contributed by atoms with Crippen molar-refractivity contribution in [3.8, 4) is 0 Å². The molecule has 2 aromatic rings. The van der Waals surface area contributed by atoms with Crippen molar-refractivity contribution >= 4 is 35.1 Å². The Morgan fingerprint density at radius 1 is 0.975 bits per heavy atom. The van der Waals surface area contributed by atoms with Gasteiger partial charge >= 0.3 is 12.0 Å². The molecular formula is C30H39N5O4S. The van der Waals surface area contributed by atoms with Crippen molar-refractivity contribution < 1.29 is 19.5 Å². The highest BCUT2D eigenvalue weighted by atomic mass is 32.1. The summed E-state index contributed by atoms with van der Waals surface area (Å²) in [7, 11) is 0. The number of imide groups is 1. The molecule has 9 nitrogen and oxygen atoms in total. The second-order valence-electron chi connectivity index (χ2n) is 10.4. The minimum absolute atomic E-state index is 0.219. The number of nitrogens with zero attached hydrogens (tertiary/aromatic N) is 5. The molecule has 40 heavy (non-hydrogen) atoms. The number of hydrogen-bond donors (Lipinski definition) is 1. The Kier molecular flexibility index (Phi) is 9.73. The van der Waals surface area contributed by atoms with E-state index in [1.165, 1.54) is 16.2 Å². The van der Waals surface area contributed by atoms with Crippen LogP contribution in [-0.2, 0) is 17.9 Å². The molecule has 214 valence electrons. The fraction of sp³-hybridized carbons (Fsp3) is 0.500. The number of amides is 3. The molecule has 0 bridgehead atoms.